The standard InChI is InChI=1S/C14H22FNO/c1-13(2,3)16-10-14(4,17)9-11-5-7-12(15)8-6-11/h5-8,16-17H,9-10H2,1-4H3. The number of β-amino-alcohol motifs (C(OH)–C–C–N with tert-alkyl or cyclic N) is 1. The normalized spacial score (nSPS) is 15.6. The molecule has 1 unspecified atom stereocenters. The molecule has 1 aromatic rings. The molecular weight excluding hydrogens is 217 g/mol. The quantitative estimate of drug-likeness (QED) is 0.846. The number of hydrogen-bond donors (Lipinski definition) is 2. The van der Waals surface area contributed by atoms with Crippen LogP contribution in [0.25, 0.3) is 0 Å². The molecule has 17 heavy (non-hydrogen) atoms. The summed E-state index contributed by atoms with van der Waals surface area (Å²) < 4.78 is 12.7. The Labute approximate surface area is 103 Å². The fourth-order valence-corrected chi connectivity index (χ4v) is 1.56. The Kier molecular flexibility index (Phi) is 4.28. The van der Waals surface area contributed by atoms with Crippen LogP contribution in [0.3, 0.4) is 0 Å². The van der Waals surface area contributed by atoms with Crippen molar-refractivity contribution in [2.45, 2.75) is 45.3 Å². The van der Waals surface area contributed by atoms with E-state index in [2.05, 4.69) is 26.1 Å². The van der Waals surface area contributed by atoms with Crippen LogP contribution >= 0.6 is 0 Å². The molecule has 0 aliphatic heterocycles. The number of nitrogens with one attached hydrogen (secondary N) is 1. The lowest BCUT2D eigenvalue weighted by molar-refractivity contribution is 0.0534. The lowest BCUT2D eigenvalue weighted by Gasteiger charge is -2.29. The molecule has 0 radical (unpaired) electrons. The summed E-state index contributed by atoms with van der Waals surface area (Å²) in [6, 6.07) is 6.26. The van der Waals surface area contributed by atoms with Crippen molar-refractivity contribution in [3.8, 4) is 0 Å². The predicted octanol–water partition coefficient (Wildman–Crippen LogP) is 2.51. The third-order valence-electron chi connectivity index (χ3n) is 2.50. The first-order valence-electron chi connectivity index (χ1n) is 5.90. The first kappa shape index (κ1) is 14.1. The summed E-state index contributed by atoms with van der Waals surface area (Å²) in [5, 5.41) is 13.5. The van der Waals surface area contributed by atoms with E-state index in [-0.39, 0.29) is 11.4 Å². The Bertz CT molecular complexity index is 351. The van der Waals surface area contributed by atoms with Gasteiger partial charge in [0.15, 0.2) is 0 Å². The minimum atomic E-state index is -0.828. The molecule has 0 spiro atoms. The average molecular weight is 239 g/mol. The number of benzene rings is 1. The smallest absolute Gasteiger partial charge is 0.123 e. The van der Waals surface area contributed by atoms with E-state index in [0.29, 0.717) is 13.0 Å². The molecule has 0 aliphatic rings. The van der Waals surface area contributed by atoms with Crippen molar-refractivity contribution in [3.63, 3.8) is 0 Å². The molecular formula is C14H22FNO. The maximum absolute atomic E-state index is 12.7. The fourth-order valence-electron chi connectivity index (χ4n) is 1.56. The van der Waals surface area contributed by atoms with Gasteiger partial charge < -0.3 is 10.4 Å². The summed E-state index contributed by atoms with van der Waals surface area (Å²) in [6.45, 7) is 8.46. The zero-order chi connectivity index (χ0) is 13.1. The van der Waals surface area contributed by atoms with Crippen molar-refractivity contribution in [2.75, 3.05) is 6.54 Å². The second-order valence-electron chi connectivity index (χ2n) is 5.90. The molecule has 2 N–H and O–H groups in total. The highest BCUT2D eigenvalue weighted by Crippen LogP contribution is 2.14. The van der Waals surface area contributed by atoms with E-state index in [0.717, 1.165) is 5.56 Å². The Hall–Kier alpha value is -0.930. The van der Waals surface area contributed by atoms with E-state index in [1.807, 2.05) is 0 Å². The highest BCUT2D eigenvalue weighted by Gasteiger charge is 2.23. The number of hydrogen-bond acceptors (Lipinski definition) is 2. The zero-order valence-corrected chi connectivity index (χ0v) is 11.0. The first-order valence-corrected chi connectivity index (χ1v) is 5.90. The van der Waals surface area contributed by atoms with Crippen molar-refractivity contribution >= 4 is 0 Å². The maximum Gasteiger partial charge on any atom is 0.123 e. The van der Waals surface area contributed by atoms with Gasteiger partial charge in [0.1, 0.15) is 5.82 Å². The summed E-state index contributed by atoms with van der Waals surface area (Å²) in [7, 11) is 0. The molecule has 0 aliphatic carbocycles. The van der Waals surface area contributed by atoms with Crippen LogP contribution in [0.15, 0.2) is 24.3 Å². The van der Waals surface area contributed by atoms with E-state index < -0.39 is 5.60 Å². The van der Waals surface area contributed by atoms with E-state index in [9.17, 15) is 9.50 Å². The highest BCUT2D eigenvalue weighted by atomic mass is 19.1. The van der Waals surface area contributed by atoms with Crippen molar-refractivity contribution < 1.29 is 9.50 Å². The summed E-state index contributed by atoms with van der Waals surface area (Å²) in [6.07, 6.45) is 0.510. The summed E-state index contributed by atoms with van der Waals surface area (Å²) >= 11 is 0. The minimum Gasteiger partial charge on any atom is -0.389 e. The average Bonchev–Trinajstić information content (AvgIpc) is 2.18. The Morgan fingerprint density at radius 3 is 2.12 bits per heavy atom. The summed E-state index contributed by atoms with van der Waals surface area (Å²) in [5.74, 6) is -0.249. The lowest BCUT2D eigenvalue weighted by atomic mass is 9.95. The third-order valence-corrected chi connectivity index (χ3v) is 2.50. The molecule has 0 bridgehead atoms. The second kappa shape index (κ2) is 5.15. The van der Waals surface area contributed by atoms with Gasteiger partial charge in [-0.15, -0.1) is 0 Å². The predicted molar refractivity (Wildman–Crippen MR) is 68.5 cm³/mol. The lowest BCUT2D eigenvalue weighted by Crippen LogP contribution is -2.47. The van der Waals surface area contributed by atoms with Crippen molar-refractivity contribution in [1.82, 2.24) is 5.32 Å². The maximum atomic E-state index is 12.7. The second-order valence-corrected chi connectivity index (χ2v) is 5.90. The molecule has 96 valence electrons. The van der Waals surface area contributed by atoms with Crippen LogP contribution in [0.2, 0.25) is 0 Å². The summed E-state index contributed by atoms with van der Waals surface area (Å²) in [5.41, 5.74) is 0.0878. The van der Waals surface area contributed by atoms with Gasteiger partial charge in [-0.3, -0.25) is 0 Å². The van der Waals surface area contributed by atoms with Crippen LogP contribution in [0, 0.1) is 5.82 Å². The van der Waals surface area contributed by atoms with Crippen LogP contribution in [0.5, 0.6) is 0 Å². The Morgan fingerprint density at radius 1 is 1.12 bits per heavy atom. The molecule has 0 amide bonds. The molecule has 1 rings (SSSR count). The Balaban J connectivity index is 2.57. The Morgan fingerprint density at radius 2 is 1.65 bits per heavy atom. The SMILES string of the molecule is CC(O)(CNC(C)(C)C)Cc1ccc(F)cc1. The van der Waals surface area contributed by atoms with Gasteiger partial charge in [0.05, 0.1) is 5.60 Å². The number of rotatable bonds is 4. The molecule has 0 heterocycles. The number of aliphatic hydroxyl groups is 1. The molecule has 0 saturated heterocycles. The van der Waals surface area contributed by atoms with Crippen LogP contribution in [-0.4, -0.2) is 22.8 Å². The van der Waals surface area contributed by atoms with Crippen LogP contribution in [0.1, 0.15) is 33.3 Å². The van der Waals surface area contributed by atoms with Crippen LogP contribution in [0.4, 0.5) is 4.39 Å². The molecule has 3 heteroatoms. The van der Waals surface area contributed by atoms with Gasteiger partial charge in [0.2, 0.25) is 0 Å². The van der Waals surface area contributed by atoms with Crippen molar-refractivity contribution in [1.29, 1.82) is 0 Å². The largest absolute Gasteiger partial charge is 0.389 e. The zero-order valence-electron chi connectivity index (χ0n) is 11.0. The van der Waals surface area contributed by atoms with Gasteiger partial charge in [0.25, 0.3) is 0 Å². The topological polar surface area (TPSA) is 32.3 Å². The summed E-state index contributed by atoms with van der Waals surface area (Å²) in [4.78, 5) is 0. The van der Waals surface area contributed by atoms with Crippen LogP contribution in [-0.2, 0) is 6.42 Å². The third kappa shape index (κ3) is 5.80. The van der Waals surface area contributed by atoms with Gasteiger partial charge in [0, 0.05) is 18.5 Å². The molecule has 0 saturated carbocycles. The van der Waals surface area contributed by atoms with Gasteiger partial charge in [-0.25, -0.2) is 4.39 Å². The molecule has 2 nitrogen and oxygen atoms in total. The number of halogens is 1. The van der Waals surface area contributed by atoms with E-state index in [4.69, 9.17) is 0 Å². The molecule has 1 atom stereocenters. The van der Waals surface area contributed by atoms with Gasteiger partial charge in [-0.2, -0.15) is 0 Å². The molecule has 0 fully saturated rings. The van der Waals surface area contributed by atoms with Crippen LogP contribution < -0.4 is 5.32 Å². The first-order chi connectivity index (χ1) is 7.68. The van der Waals surface area contributed by atoms with Gasteiger partial charge in [-0.1, -0.05) is 12.1 Å². The fraction of sp³-hybridized carbons (Fsp3) is 0.571. The molecule has 1 aromatic carbocycles. The van der Waals surface area contributed by atoms with E-state index in [1.54, 1.807) is 19.1 Å². The monoisotopic (exact) mass is 239 g/mol. The van der Waals surface area contributed by atoms with E-state index in [1.165, 1.54) is 12.1 Å². The minimum absolute atomic E-state index is 0.0210. The van der Waals surface area contributed by atoms with Crippen molar-refractivity contribution in [3.05, 3.63) is 35.6 Å². The highest BCUT2D eigenvalue weighted by molar-refractivity contribution is 5.18. The molecule has 0 aromatic heterocycles. The van der Waals surface area contributed by atoms with Gasteiger partial charge in [-0.05, 0) is 45.4 Å². The van der Waals surface area contributed by atoms with Gasteiger partial charge >= 0.3 is 0 Å². The van der Waals surface area contributed by atoms with E-state index >= 15 is 0 Å². The van der Waals surface area contributed by atoms with Crippen molar-refractivity contribution in [2.24, 2.45) is 0 Å².